The Labute approximate surface area is 104 Å². The lowest BCUT2D eigenvalue weighted by Gasteiger charge is -1.91. The molecule has 0 fully saturated rings. The van der Waals surface area contributed by atoms with Crippen LogP contribution < -0.4 is 11.2 Å². The van der Waals surface area contributed by atoms with Crippen molar-refractivity contribution in [2.75, 3.05) is 0 Å². The SMILES string of the molecule is NC(=S)N/N=C/C=C/c1c[nH]c2ccccc12. The van der Waals surface area contributed by atoms with E-state index in [0.29, 0.717) is 0 Å². The van der Waals surface area contributed by atoms with Crippen molar-refractivity contribution in [3.63, 3.8) is 0 Å². The fourth-order valence-electron chi connectivity index (χ4n) is 1.52. The number of hydrogen-bond acceptors (Lipinski definition) is 2. The highest BCUT2D eigenvalue weighted by Gasteiger charge is 1.97. The minimum Gasteiger partial charge on any atom is -0.375 e. The number of hydrazone groups is 1. The Morgan fingerprint density at radius 1 is 1.41 bits per heavy atom. The van der Waals surface area contributed by atoms with Crippen LogP contribution in [0.3, 0.4) is 0 Å². The molecule has 0 amide bonds. The van der Waals surface area contributed by atoms with Crippen molar-refractivity contribution in [2.45, 2.75) is 0 Å². The minimum atomic E-state index is 0.154. The summed E-state index contributed by atoms with van der Waals surface area (Å²) < 4.78 is 0. The number of fused-ring (bicyclic) bond motifs is 1. The predicted molar refractivity (Wildman–Crippen MR) is 75.7 cm³/mol. The number of aromatic amines is 1. The van der Waals surface area contributed by atoms with Gasteiger partial charge in [0, 0.05) is 23.3 Å². The lowest BCUT2D eigenvalue weighted by Crippen LogP contribution is -2.23. The van der Waals surface area contributed by atoms with Crippen molar-refractivity contribution in [2.24, 2.45) is 10.8 Å². The highest BCUT2D eigenvalue weighted by molar-refractivity contribution is 7.80. The van der Waals surface area contributed by atoms with Crippen LogP contribution >= 0.6 is 12.2 Å². The summed E-state index contributed by atoms with van der Waals surface area (Å²) in [4.78, 5) is 3.20. The third-order valence-corrected chi connectivity index (χ3v) is 2.32. The number of rotatable bonds is 3. The highest BCUT2D eigenvalue weighted by atomic mass is 32.1. The second-order valence-corrected chi connectivity index (χ2v) is 3.84. The molecule has 4 nitrogen and oxygen atoms in total. The molecule has 0 spiro atoms. The van der Waals surface area contributed by atoms with Crippen LogP contribution in [0, 0.1) is 0 Å². The molecular weight excluding hydrogens is 232 g/mol. The number of nitrogens with two attached hydrogens (primary N) is 1. The average Bonchev–Trinajstić information content (AvgIpc) is 2.72. The Morgan fingerprint density at radius 3 is 3.06 bits per heavy atom. The molecule has 2 aromatic rings. The van der Waals surface area contributed by atoms with Crippen molar-refractivity contribution in [3.8, 4) is 0 Å². The van der Waals surface area contributed by atoms with Crippen molar-refractivity contribution in [1.29, 1.82) is 0 Å². The first-order valence-electron chi connectivity index (χ1n) is 5.08. The van der Waals surface area contributed by atoms with E-state index in [4.69, 9.17) is 5.73 Å². The number of benzene rings is 1. The number of nitrogens with zero attached hydrogens (tertiary/aromatic N) is 1. The van der Waals surface area contributed by atoms with Crippen molar-refractivity contribution in [3.05, 3.63) is 42.1 Å². The Kier molecular flexibility index (Phi) is 3.52. The van der Waals surface area contributed by atoms with Gasteiger partial charge in [-0.15, -0.1) is 0 Å². The first kappa shape index (κ1) is 11.3. The summed E-state index contributed by atoms with van der Waals surface area (Å²) in [6.45, 7) is 0. The summed E-state index contributed by atoms with van der Waals surface area (Å²) >= 11 is 4.61. The summed E-state index contributed by atoms with van der Waals surface area (Å²) in [6, 6.07) is 8.11. The predicted octanol–water partition coefficient (Wildman–Crippen LogP) is 2.00. The van der Waals surface area contributed by atoms with Crippen LogP contribution in [-0.4, -0.2) is 16.3 Å². The van der Waals surface area contributed by atoms with Crippen LogP contribution in [0.2, 0.25) is 0 Å². The maximum atomic E-state index is 5.22. The standard InChI is InChI=1S/C12H12N4S/c13-12(17)16-15-7-3-4-9-8-14-11-6-2-1-5-10(9)11/h1-8,14H,(H3,13,16,17)/b4-3+,15-7+. The molecule has 17 heavy (non-hydrogen) atoms. The normalized spacial score (nSPS) is 11.5. The quantitative estimate of drug-likeness (QED) is 0.439. The van der Waals surface area contributed by atoms with Gasteiger partial charge in [0.25, 0.3) is 0 Å². The van der Waals surface area contributed by atoms with Crippen LogP contribution in [0.15, 0.2) is 41.6 Å². The van der Waals surface area contributed by atoms with Gasteiger partial charge in [0.2, 0.25) is 0 Å². The lowest BCUT2D eigenvalue weighted by molar-refractivity contribution is 1.04. The molecule has 86 valence electrons. The Morgan fingerprint density at radius 2 is 2.24 bits per heavy atom. The number of H-pyrrole nitrogens is 1. The van der Waals surface area contributed by atoms with Gasteiger partial charge in [0.1, 0.15) is 0 Å². The second-order valence-electron chi connectivity index (χ2n) is 3.40. The van der Waals surface area contributed by atoms with Crippen LogP contribution in [0.25, 0.3) is 17.0 Å². The van der Waals surface area contributed by atoms with Gasteiger partial charge in [0.15, 0.2) is 5.11 Å². The summed E-state index contributed by atoms with van der Waals surface area (Å²) in [5.74, 6) is 0. The van der Waals surface area contributed by atoms with E-state index in [1.165, 1.54) is 5.39 Å². The molecule has 0 radical (unpaired) electrons. The zero-order valence-corrected chi connectivity index (χ0v) is 9.87. The average molecular weight is 244 g/mol. The Hall–Kier alpha value is -2.14. The summed E-state index contributed by atoms with van der Waals surface area (Å²) in [6.07, 6.45) is 7.33. The summed E-state index contributed by atoms with van der Waals surface area (Å²) in [5, 5.41) is 5.15. The molecule has 0 saturated carbocycles. The third kappa shape index (κ3) is 2.92. The molecule has 0 bridgehead atoms. The molecule has 1 aromatic carbocycles. The van der Waals surface area contributed by atoms with Gasteiger partial charge in [-0.25, -0.2) is 0 Å². The van der Waals surface area contributed by atoms with Crippen LogP contribution in [0.4, 0.5) is 0 Å². The van der Waals surface area contributed by atoms with E-state index >= 15 is 0 Å². The van der Waals surface area contributed by atoms with Gasteiger partial charge >= 0.3 is 0 Å². The van der Waals surface area contributed by atoms with E-state index in [0.717, 1.165) is 11.1 Å². The summed E-state index contributed by atoms with van der Waals surface area (Å²) in [7, 11) is 0. The fourth-order valence-corrected chi connectivity index (χ4v) is 1.58. The molecule has 0 aliphatic heterocycles. The minimum absolute atomic E-state index is 0.154. The van der Waals surface area contributed by atoms with E-state index < -0.39 is 0 Å². The maximum absolute atomic E-state index is 5.22. The number of thiocarbonyl (C=S) groups is 1. The number of hydrogen-bond donors (Lipinski definition) is 3. The van der Waals surface area contributed by atoms with E-state index in [2.05, 4.69) is 33.8 Å². The third-order valence-electron chi connectivity index (χ3n) is 2.23. The topological polar surface area (TPSA) is 66.2 Å². The van der Waals surface area contributed by atoms with E-state index in [1.807, 2.05) is 36.5 Å². The van der Waals surface area contributed by atoms with Gasteiger partial charge in [-0.05, 0) is 29.9 Å². The molecule has 4 N–H and O–H groups in total. The zero-order chi connectivity index (χ0) is 12.1. The monoisotopic (exact) mass is 244 g/mol. The van der Waals surface area contributed by atoms with E-state index in [1.54, 1.807) is 6.21 Å². The first-order valence-corrected chi connectivity index (χ1v) is 5.49. The van der Waals surface area contributed by atoms with Gasteiger partial charge in [-0.2, -0.15) is 5.10 Å². The van der Waals surface area contributed by atoms with Gasteiger partial charge in [0.05, 0.1) is 0 Å². The smallest absolute Gasteiger partial charge is 0.184 e. The lowest BCUT2D eigenvalue weighted by atomic mass is 10.2. The van der Waals surface area contributed by atoms with Crippen LogP contribution in [0.1, 0.15) is 5.56 Å². The summed E-state index contributed by atoms with van der Waals surface area (Å²) in [5.41, 5.74) is 9.93. The van der Waals surface area contributed by atoms with E-state index in [-0.39, 0.29) is 5.11 Å². The fraction of sp³-hybridized carbons (Fsp3) is 0. The number of para-hydroxylation sites is 1. The molecule has 0 atom stereocenters. The maximum Gasteiger partial charge on any atom is 0.184 e. The van der Waals surface area contributed by atoms with Crippen LogP contribution in [0.5, 0.6) is 0 Å². The largest absolute Gasteiger partial charge is 0.375 e. The molecule has 0 saturated heterocycles. The number of aromatic nitrogens is 1. The van der Waals surface area contributed by atoms with Crippen molar-refractivity contribution >= 4 is 40.5 Å². The second kappa shape index (κ2) is 5.27. The number of nitrogens with one attached hydrogen (secondary N) is 2. The van der Waals surface area contributed by atoms with Gasteiger partial charge in [-0.3, -0.25) is 5.43 Å². The molecule has 5 heteroatoms. The van der Waals surface area contributed by atoms with Crippen molar-refractivity contribution < 1.29 is 0 Å². The van der Waals surface area contributed by atoms with Gasteiger partial charge in [-0.1, -0.05) is 24.3 Å². The zero-order valence-electron chi connectivity index (χ0n) is 9.05. The molecular formula is C12H12N4S. The van der Waals surface area contributed by atoms with E-state index in [9.17, 15) is 0 Å². The molecule has 2 rings (SSSR count). The number of allylic oxidation sites excluding steroid dienone is 1. The Balaban J connectivity index is 2.11. The molecule has 1 heterocycles. The van der Waals surface area contributed by atoms with Gasteiger partial charge < -0.3 is 10.7 Å². The molecule has 1 aromatic heterocycles. The Bertz CT molecular complexity index is 583. The molecule has 0 aliphatic carbocycles. The molecule has 0 unspecified atom stereocenters. The van der Waals surface area contributed by atoms with Crippen molar-refractivity contribution in [1.82, 2.24) is 10.4 Å². The van der Waals surface area contributed by atoms with Crippen LogP contribution in [-0.2, 0) is 0 Å². The molecule has 0 aliphatic rings. The first-order chi connectivity index (χ1) is 8.27. The highest BCUT2D eigenvalue weighted by Crippen LogP contribution is 2.18.